The lowest BCUT2D eigenvalue weighted by atomic mass is 10.0. The molecule has 69 heavy (non-hydrogen) atoms. The molecule has 0 aliphatic rings. The number of quaternary nitrogens is 1. The van der Waals surface area contributed by atoms with Crippen LogP contribution >= 0.6 is 0 Å². The van der Waals surface area contributed by atoms with E-state index < -0.39 is 18.1 Å². The van der Waals surface area contributed by atoms with Crippen molar-refractivity contribution in [3.05, 3.63) is 85.1 Å². The maximum Gasteiger partial charge on any atom is 0.306 e. The molecular formula is C61H105NO7. The molecule has 0 radical (unpaired) electrons. The van der Waals surface area contributed by atoms with Gasteiger partial charge in [-0.15, -0.1) is 0 Å². The average molecular weight is 965 g/mol. The van der Waals surface area contributed by atoms with Gasteiger partial charge in [0.05, 0.1) is 40.3 Å². The molecule has 2 atom stereocenters. The number of nitrogens with zero attached hydrogens (tertiary/aromatic N) is 1. The van der Waals surface area contributed by atoms with Gasteiger partial charge < -0.3 is 28.6 Å². The molecule has 0 fully saturated rings. The van der Waals surface area contributed by atoms with E-state index in [1.54, 1.807) is 21.1 Å². The molecule has 0 bridgehead atoms. The van der Waals surface area contributed by atoms with Crippen LogP contribution in [0.2, 0.25) is 0 Å². The van der Waals surface area contributed by atoms with E-state index in [9.17, 15) is 19.5 Å². The fraction of sp³-hybridized carbons (Fsp3) is 0.721. The van der Waals surface area contributed by atoms with Crippen LogP contribution in [0.1, 0.15) is 232 Å². The minimum atomic E-state index is -1.13. The van der Waals surface area contributed by atoms with E-state index in [1.165, 1.54) is 109 Å². The van der Waals surface area contributed by atoms with Gasteiger partial charge in [0.2, 0.25) is 0 Å². The number of esters is 2. The molecule has 0 spiro atoms. The summed E-state index contributed by atoms with van der Waals surface area (Å²) in [6.45, 7) is 4.45. The molecule has 0 aliphatic carbocycles. The van der Waals surface area contributed by atoms with E-state index in [0.717, 1.165) is 89.9 Å². The summed E-state index contributed by atoms with van der Waals surface area (Å²) in [4.78, 5) is 37.2. The van der Waals surface area contributed by atoms with E-state index in [-0.39, 0.29) is 42.7 Å². The minimum absolute atomic E-state index is 0.0358. The first-order valence-corrected chi connectivity index (χ1v) is 28.1. The Morgan fingerprint density at radius 1 is 0.435 bits per heavy atom. The highest BCUT2D eigenvalue weighted by Crippen LogP contribution is 2.16. The standard InChI is InChI=1S/C61H105NO7/c1-6-8-10-12-14-16-18-20-22-24-26-28-30-32-34-36-38-40-42-44-46-48-50-52-60(64)69-57(55-67-54-53-58(61(65)66)62(3,4)5)56-68-59(63)51-49-47-45-43-41-39-37-35-33-31-29-27-25-23-21-19-17-15-13-11-9-7-2/h8-11,14-17,20-23,27,29,57-58H,6-7,12-13,18-19,24-26,28,30-56H2,1-5H3/b10-8+,11-9+,16-14+,17-15+,22-20+,23-21+,29-27+. The number of aliphatic carboxylic acids is 1. The monoisotopic (exact) mass is 964 g/mol. The molecular weight excluding hydrogens is 859 g/mol. The summed E-state index contributed by atoms with van der Waals surface area (Å²) in [5.41, 5.74) is 0. The van der Waals surface area contributed by atoms with Gasteiger partial charge >= 0.3 is 11.9 Å². The zero-order chi connectivity index (χ0) is 50.6. The largest absolute Gasteiger partial charge is 0.544 e. The van der Waals surface area contributed by atoms with E-state index in [1.807, 2.05) is 0 Å². The van der Waals surface area contributed by atoms with Crippen molar-refractivity contribution in [2.24, 2.45) is 0 Å². The minimum Gasteiger partial charge on any atom is -0.544 e. The van der Waals surface area contributed by atoms with Crippen molar-refractivity contribution in [2.45, 2.75) is 244 Å². The fourth-order valence-corrected chi connectivity index (χ4v) is 8.02. The number of carbonyl (C=O) groups excluding carboxylic acids is 3. The fourth-order valence-electron chi connectivity index (χ4n) is 8.02. The van der Waals surface area contributed by atoms with Crippen molar-refractivity contribution in [2.75, 3.05) is 41.0 Å². The van der Waals surface area contributed by atoms with Gasteiger partial charge in [-0.05, 0) is 83.5 Å². The molecule has 2 unspecified atom stereocenters. The number of rotatable bonds is 50. The summed E-state index contributed by atoms with van der Waals surface area (Å²) in [6.07, 6.45) is 67.6. The molecule has 0 N–H and O–H groups in total. The lowest BCUT2D eigenvalue weighted by Gasteiger charge is -2.34. The number of carboxylic acids is 1. The molecule has 0 aliphatic heterocycles. The number of allylic oxidation sites excluding steroid dienone is 14. The summed E-state index contributed by atoms with van der Waals surface area (Å²) in [5.74, 6) is -1.74. The number of hydrogen-bond acceptors (Lipinski definition) is 7. The van der Waals surface area contributed by atoms with Crippen molar-refractivity contribution in [1.29, 1.82) is 0 Å². The summed E-state index contributed by atoms with van der Waals surface area (Å²) < 4.78 is 17.3. The van der Waals surface area contributed by atoms with Crippen molar-refractivity contribution < 1.29 is 38.2 Å². The van der Waals surface area contributed by atoms with Crippen LogP contribution in [0.15, 0.2) is 85.1 Å². The van der Waals surface area contributed by atoms with Crippen LogP contribution in [-0.4, -0.2) is 75.5 Å². The van der Waals surface area contributed by atoms with Crippen molar-refractivity contribution in [3.8, 4) is 0 Å². The molecule has 8 nitrogen and oxygen atoms in total. The average Bonchev–Trinajstić information content (AvgIpc) is 3.31. The number of carbonyl (C=O) groups is 3. The zero-order valence-corrected chi connectivity index (χ0v) is 45.2. The first kappa shape index (κ1) is 65.5. The van der Waals surface area contributed by atoms with Crippen molar-refractivity contribution in [3.63, 3.8) is 0 Å². The lowest BCUT2D eigenvalue weighted by Crippen LogP contribution is -2.55. The predicted molar refractivity (Wildman–Crippen MR) is 291 cm³/mol. The Balaban J connectivity index is 4.19. The highest BCUT2D eigenvalue weighted by atomic mass is 16.6. The number of likely N-dealkylation sites (N-methyl/N-ethyl adjacent to an activating group) is 1. The van der Waals surface area contributed by atoms with E-state index in [0.29, 0.717) is 12.8 Å². The third-order valence-electron chi connectivity index (χ3n) is 12.3. The molecule has 0 saturated heterocycles. The van der Waals surface area contributed by atoms with Crippen LogP contribution in [-0.2, 0) is 28.6 Å². The highest BCUT2D eigenvalue weighted by molar-refractivity contribution is 5.70. The van der Waals surface area contributed by atoms with Gasteiger partial charge in [-0.25, -0.2) is 0 Å². The zero-order valence-electron chi connectivity index (χ0n) is 45.2. The Kier molecular flexibility index (Phi) is 48.3. The lowest BCUT2D eigenvalue weighted by molar-refractivity contribution is -0.889. The Morgan fingerprint density at radius 3 is 1.13 bits per heavy atom. The molecule has 0 aromatic carbocycles. The molecule has 0 aromatic heterocycles. The molecule has 8 heteroatoms. The maximum atomic E-state index is 12.8. The Labute approximate surface area is 424 Å². The first-order chi connectivity index (χ1) is 33.6. The Hall–Kier alpha value is -3.49. The summed E-state index contributed by atoms with van der Waals surface area (Å²) >= 11 is 0. The second-order valence-corrected chi connectivity index (χ2v) is 19.8. The molecule has 0 aromatic rings. The van der Waals surface area contributed by atoms with Gasteiger partial charge in [0.25, 0.3) is 0 Å². The Morgan fingerprint density at radius 2 is 0.768 bits per heavy atom. The quantitative estimate of drug-likeness (QED) is 0.0259. The van der Waals surface area contributed by atoms with Crippen LogP contribution < -0.4 is 5.11 Å². The van der Waals surface area contributed by atoms with Crippen LogP contribution in [0.3, 0.4) is 0 Å². The van der Waals surface area contributed by atoms with E-state index >= 15 is 0 Å². The van der Waals surface area contributed by atoms with Crippen LogP contribution in [0.4, 0.5) is 0 Å². The van der Waals surface area contributed by atoms with Crippen molar-refractivity contribution >= 4 is 17.9 Å². The van der Waals surface area contributed by atoms with Gasteiger partial charge in [0, 0.05) is 19.3 Å². The van der Waals surface area contributed by atoms with Gasteiger partial charge in [0.15, 0.2) is 6.10 Å². The third kappa shape index (κ3) is 49.3. The van der Waals surface area contributed by atoms with Gasteiger partial charge in [-0.3, -0.25) is 9.59 Å². The molecule has 0 rings (SSSR count). The molecule has 396 valence electrons. The second kappa shape index (κ2) is 50.9. The number of ether oxygens (including phenoxy) is 3. The van der Waals surface area contributed by atoms with Crippen LogP contribution in [0, 0.1) is 0 Å². The predicted octanol–water partition coefficient (Wildman–Crippen LogP) is 15.5. The summed E-state index contributed by atoms with van der Waals surface area (Å²) in [7, 11) is 5.42. The van der Waals surface area contributed by atoms with Crippen molar-refractivity contribution in [1.82, 2.24) is 0 Å². The Bertz CT molecular complexity index is 1400. The normalized spacial score (nSPS) is 13.5. The van der Waals surface area contributed by atoms with Gasteiger partial charge in [0.1, 0.15) is 12.6 Å². The first-order valence-electron chi connectivity index (χ1n) is 28.1. The van der Waals surface area contributed by atoms with E-state index in [4.69, 9.17) is 14.2 Å². The summed E-state index contributed by atoms with van der Waals surface area (Å²) in [6, 6.07) is -0.731. The van der Waals surface area contributed by atoms with Gasteiger partial charge in [-0.1, -0.05) is 214 Å². The third-order valence-corrected chi connectivity index (χ3v) is 12.3. The van der Waals surface area contributed by atoms with Gasteiger partial charge in [-0.2, -0.15) is 0 Å². The highest BCUT2D eigenvalue weighted by Gasteiger charge is 2.25. The smallest absolute Gasteiger partial charge is 0.306 e. The molecule has 0 heterocycles. The SMILES string of the molecule is CC/C=C/C/C=C/C/C=C/C/C=C/CCCCCCCCCCCC(=O)OCC(COCCC(C(=O)[O-])[N+](C)(C)C)OC(=O)CCCCCCCCCCCCCCC/C=C/C/C=C/C/C=C/CC. The maximum absolute atomic E-state index is 12.8. The van der Waals surface area contributed by atoms with E-state index in [2.05, 4.69) is 98.9 Å². The number of carboxylic acid groups (broad SMARTS) is 1. The van der Waals surface area contributed by atoms with Crippen LogP contribution in [0.25, 0.3) is 0 Å². The summed E-state index contributed by atoms with van der Waals surface area (Å²) in [5, 5.41) is 11.7. The second-order valence-electron chi connectivity index (χ2n) is 19.8. The number of hydrogen-bond donors (Lipinski definition) is 0. The topological polar surface area (TPSA) is 102 Å². The molecule has 0 saturated carbocycles. The van der Waals surface area contributed by atoms with Crippen LogP contribution in [0.5, 0.6) is 0 Å². The molecule has 0 amide bonds. The number of unbranched alkanes of at least 4 members (excludes halogenated alkanes) is 22.